The molecule has 0 saturated carbocycles. The minimum atomic E-state index is -0.142. The van der Waals surface area contributed by atoms with Gasteiger partial charge in [0, 0.05) is 37.2 Å². The highest BCUT2D eigenvalue weighted by Gasteiger charge is 2.41. The molecule has 1 saturated heterocycles. The van der Waals surface area contributed by atoms with Crippen molar-refractivity contribution in [3.05, 3.63) is 70.0 Å². The lowest BCUT2D eigenvalue weighted by molar-refractivity contribution is 0.0709. The summed E-state index contributed by atoms with van der Waals surface area (Å²) in [5.41, 5.74) is 6.32. The van der Waals surface area contributed by atoms with E-state index in [0.717, 1.165) is 33.1 Å². The lowest BCUT2D eigenvalue weighted by Gasteiger charge is -2.25. The summed E-state index contributed by atoms with van der Waals surface area (Å²) >= 11 is 6.34. The fourth-order valence-corrected chi connectivity index (χ4v) is 4.79. The van der Waals surface area contributed by atoms with Crippen molar-refractivity contribution in [2.45, 2.75) is 38.8 Å². The van der Waals surface area contributed by atoms with Gasteiger partial charge in [0.2, 0.25) is 0 Å². The Hall–Kier alpha value is -3.03. The Balaban J connectivity index is 1.51. The number of aryl methyl sites for hydroxylation is 1. The Labute approximate surface area is 191 Å². The first-order chi connectivity index (χ1) is 15.5. The van der Waals surface area contributed by atoms with E-state index in [4.69, 9.17) is 21.3 Å². The summed E-state index contributed by atoms with van der Waals surface area (Å²) in [7, 11) is 1.69. The fourth-order valence-electron chi connectivity index (χ4n) is 4.61. The third-order valence-electron chi connectivity index (χ3n) is 6.39. The van der Waals surface area contributed by atoms with Crippen LogP contribution >= 0.6 is 11.6 Å². The summed E-state index contributed by atoms with van der Waals surface area (Å²) in [5, 5.41) is 9.21. The van der Waals surface area contributed by atoms with E-state index in [1.807, 2.05) is 49.1 Å². The molecule has 8 heteroatoms. The van der Waals surface area contributed by atoms with Crippen LogP contribution in [0.1, 0.15) is 33.5 Å². The van der Waals surface area contributed by atoms with Crippen LogP contribution in [-0.4, -0.2) is 57.3 Å². The first-order valence-electron chi connectivity index (χ1n) is 10.6. The Bertz CT molecular complexity index is 1220. The van der Waals surface area contributed by atoms with Crippen molar-refractivity contribution < 1.29 is 9.53 Å². The van der Waals surface area contributed by atoms with E-state index in [0.29, 0.717) is 30.6 Å². The van der Waals surface area contributed by atoms with Crippen LogP contribution in [0.15, 0.2) is 47.7 Å². The van der Waals surface area contributed by atoms with Crippen LogP contribution in [-0.2, 0) is 11.2 Å². The van der Waals surface area contributed by atoms with Crippen molar-refractivity contribution in [1.82, 2.24) is 19.9 Å². The van der Waals surface area contributed by atoms with Crippen LogP contribution in [0.2, 0.25) is 5.02 Å². The number of likely N-dealkylation sites (tertiary alicyclic amines) is 1. The minimum Gasteiger partial charge on any atom is -0.380 e. The predicted octanol–water partition coefficient (Wildman–Crippen LogP) is 4.10. The number of hydrogen-bond donors (Lipinski definition) is 0. The van der Waals surface area contributed by atoms with Crippen LogP contribution in [0.25, 0.3) is 5.69 Å². The van der Waals surface area contributed by atoms with Crippen molar-refractivity contribution in [3.63, 3.8) is 0 Å². The van der Waals surface area contributed by atoms with E-state index in [9.17, 15) is 4.79 Å². The molecule has 1 fully saturated rings. The maximum atomic E-state index is 13.9. The van der Waals surface area contributed by atoms with E-state index in [1.54, 1.807) is 19.5 Å². The maximum Gasteiger partial charge on any atom is 0.256 e. The van der Waals surface area contributed by atoms with E-state index in [2.05, 4.69) is 10.2 Å². The van der Waals surface area contributed by atoms with E-state index >= 15 is 0 Å². The number of amides is 1. The summed E-state index contributed by atoms with van der Waals surface area (Å²) in [6, 6.07) is 9.43. The zero-order valence-electron chi connectivity index (χ0n) is 18.2. The topological polar surface area (TPSA) is 72.6 Å². The Kier molecular flexibility index (Phi) is 5.31. The first-order valence-corrected chi connectivity index (χ1v) is 11.0. The molecule has 2 aliphatic rings. The van der Waals surface area contributed by atoms with Crippen LogP contribution < -0.4 is 0 Å². The van der Waals surface area contributed by atoms with Crippen LogP contribution in [0, 0.1) is 13.8 Å². The maximum absolute atomic E-state index is 13.9. The van der Waals surface area contributed by atoms with Crippen molar-refractivity contribution in [2.75, 3.05) is 13.7 Å². The first kappa shape index (κ1) is 20.8. The van der Waals surface area contributed by atoms with Gasteiger partial charge in [-0.2, -0.15) is 15.0 Å². The van der Waals surface area contributed by atoms with Crippen molar-refractivity contribution in [1.29, 1.82) is 0 Å². The summed E-state index contributed by atoms with van der Waals surface area (Å²) in [4.78, 5) is 22.1. The molecule has 7 nitrogen and oxygen atoms in total. The highest BCUT2D eigenvalue weighted by molar-refractivity contribution is 6.31. The molecule has 2 aromatic carbocycles. The molecule has 0 spiro atoms. The standard InChI is InChI=1S/C24H24ClN5O2/c1-14-4-7-22(30-26-8-9-27-30)18(10-14)24(31)29-13-16(32-3)11-23(29)21-12-17-15(2)19(25)5-6-20(17)28-21/h4-10,16,23H,11-13H2,1-3H3/t16-,23-/m0/s1. The Morgan fingerprint density at radius 1 is 1.16 bits per heavy atom. The number of fused-ring (bicyclic) bond motifs is 1. The molecule has 1 amide bonds. The molecule has 0 radical (unpaired) electrons. The van der Waals surface area contributed by atoms with Gasteiger partial charge in [-0.25, -0.2) is 0 Å². The molecule has 0 unspecified atom stereocenters. The highest BCUT2D eigenvalue weighted by atomic mass is 35.5. The minimum absolute atomic E-state index is 0.0452. The molecule has 32 heavy (non-hydrogen) atoms. The number of benzene rings is 2. The molecule has 2 atom stereocenters. The van der Waals surface area contributed by atoms with Crippen LogP contribution in [0.5, 0.6) is 0 Å². The van der Waals surface area contributed by atoms with Crippen molar-refractivity contribution in [3.8, 4) is 5.69 Å². The highest BCUT2D eigenvalue weighted by Crippen LogP contribution is 2.37. The zero-order chi connectivity index (χ0) is 22.4. The van der Waals surface area contributed by atoms with Gasteiger partial charge >= 0.3 is 0 Å². The Morgan fingerprint density at radius 3 is 2.69 bits per heavy atom. The van der Waals surface area contributed by atoms with Gasteiger partial charge < -0.3 is 9.64 Å². The molecule has 0 N–H and O–H groups in total. The molecule has 3 aromatic rings. The van der Waals surface area contributed by atoms with Crippen molar-refractivity contribution in [2.24, 2.45) is 4.99 Å². The smallest absolute Gasteiger partial charge is 0.256 e. The lowest BCUT2D eigenvalue weighted by atomic mass is 9.99. The van der Waals surface area contributed by atoms with Gasteiger partial charge in [0.25, 0.3) is 5.91 Å². The quantitative estimate of drug-likeness (QED) is 0.601. The molecular formula is C24H24ClN5O2. The number of aromatic nitrogens is 3. The van der Waals surface area contributed by atoms with Gasteiger partial charge in [0.05, 0.1) is 41.5 Å². The van der Waals surface area contributed by atoms with Gasteiger partial charge in [-0.05, 0) is 49.2 Å². The van der Waals surface area contributed by atoms with Gasteiger partial charge in [-0.1, -0.05) is 23.2 Å². The normalized spacial score (nSPS) is 19.9. The summed E-state index contributed by atoms with van der Waals surface area (Å²) < 4.78 is 5.66. The van der Waals surface area contributed by atoms with Gasteiger partial charge in [0.15, 0.2) is 0 Å². The number of nitrogens with zero attached hydrogens (tertiary/aromatic N) is 5. The molecule has 0 aliphatic carbocycles. The second kappa shape index (κ2) is 8.15. The number of carbonyl (C=O) groups is 1. The van der Waals surface area contributed by atoms with E-state index in [1.165, 1.54) is 4.80 Å². The SMILES string of the molecule is CO[C@H]1C[C@@H](C2=Nc3ccc(Cl)c(C)c3C2)N(C(=O)c2cc(C)ccc2-n2nccn2)C1. The van der Waals surface area contributed by atoms with Crippen LogP contribution in [0.4, 0.5) is 5.69 Å². The van der Waals surface area contributed by atoms with E-state index in [-0.39, 0.29) is 18.1 Å². The lowest BCUT2D eigenvalue weighted by Crippen LogP contribution is -2.41. The molecule has 1 aromatic heterocycles. The third-order valence-corrected chi connectivity index (χ3v) is 6.80. The largest absolute Gasteiger partial charge is 0.380 e. The molecule has 5 rings (SSSR count). The average Bonchev–Trinajstić information content (AvgIpc) is 3.55. The van der Waals surface area contributed by atoms with Crippen molar-refractivity contribution >= 4 is 28.9 Å². The summed E-state index contributed by atoms with van der Waals surface area (Å²) in [6.07, 6.45) is 4.56. The second-order valence-corrected chi connectivity index (χ2v) is 8.76. The molecule has 2 aliphatic heterocycles. The zero-order valence-corrected chi connectivity index (χ0v) is 19.0. The molecule has 164 valence electrons. The number of methoxy groups -OCH3 is 1. The monoisotopic (exact) mass is 449 g/mol. The summed E-state index contributed by atoms with van der Waals surface area (Å²) in [6.45, 7) is 4.50. The van der Waals surface area contributed by atoms with Crippen LogP contribution in [0.3, 0.4) is 0 Å². The molecule has 3 heterocycles. The summed E-state index contributed by atoms with van der Waals surface area (Å²) in [5.74, 6) is -0.0704. The number of halogens is 1. The third kappa shape index (κ3) is 3.51. The number of aliphatic imine (C=N–C) groups is 1. The van der Waals surface area contributed by atoms with E-state index < -0.39 is 0 Å². The molecular weight excluding hydrogens is 426 g/mol. The number of ether oxygens (including phenoxy) is 1. The second-order valence-electron chi connectivity index (χ2n) is 8.36. The molecule has 0 bridgehead atoms. The van der Waals surface area contributed by atoms with Gasteiger partial charge in [0.1, 0.15) is 0 Å². The fraction of sp³-hybridized carbons (Fsp3) is 0.333. The predicted molar refractivity (Wildman–Crippen MR) is 123 cm³/mol. The number of carbonyl (C=O) groups excluding carboxylic acids is 1. The Morgan fingerprint density at radius 2 is 1.94 bits per heavy atom. The van der Waals surface area contributed by atoms with Gasteiger partial charge in [-0.3, -0.25) is 9.79 Å². The number of hydrogen-bond acceptors (Lipinski definition) is 5. The van der Waals surface area contributed by atoms with Gasteiger partial charge in [-0.15, -0.1) is 0 Å². The number of rotatable bonds is 4. The average molecular weight is 450 g/mol.